The van der Waals surface area contributed by atoms with Crippen molar-refractivity contribution in [2.75, 3.05) is 42.3 Å². The van der Waals surface area contributed by atoms with Gasteiger partial charge >= 0.3 is 0 Å². The Hall–Kier alpha value is -2.71. The predicted octanol–water partition coefficient (Wildman–Crippen LogP) is 2.27. The molecule has 1 fully saturated rings. The number of hydrogen-bond donors (Lipinski definition) is 1. The normalized spacial score (nSPS) is 21.1. The van der Waals surface area contributed by atoms with Crippen LogP contribution in [0.15, 0.2) is 58.6 Å². The highest BCUT2D eigenvalue weighted by Crippen LogP contribution is 2.27. The first kappa shape index (κ1) is 18.6. The summed E-state index contributed by atoms with van der Waals surface area (Å²) in [5.74, 6) is -0.679. The maximum Gasteiger partial charge on any atom is 0.261 e. The molecule has 0 radical (unpaired) electrons. The molecule has 1 aliphatic carbocycles. The molecule has 2 heterocycles. The molecule has 144 valence electrons. The van der Waals surface area contributed by atoms with Crippen LogP contribution in [0.3, 0.4) is 0 Å². The van der Waals surface area contributed by atoms with Gasteiger partial charge in [0.1, 0.15) is 5.92 Å². The third-order valence-electron chi connectivity index (χ3n) is 4.56. The van der Waals surface area contributed by atoms with Gasteiger partial charge in [0.25, 0.3) is 5.91 Å². The quantitative estimate of drug-likeness (QED) is 0.844. The molecule has 0 bridgehead atoms. The molecule has 0 aromatic heterocycles. The first-order valence-electron chi connectivity index (χ1n) is 9.11. The van der Waals surface area contributed by atoms with Crippen LogP contribution in [0.1, 0.15) is 0 Å². The number of amidine groups is 1. The number of hydrogen-bond acceptors (Lipinski definition) is 6. The van der Waals surface area contributed by atoms with Crippen LogP contribution in [-0.4, -0.2) is 54.7 Å². The van der Waals surface area contributed by atoms with Gasteiger partial charge in [-0.2, -0.15) is 4.99 Å². The van der Waals surface area contributed by atoms with Crippen LogP contribution in [0.4, 0.5) is 11.4 Å². The van der Waals surface area contributed by atoms with Crippen LogP contribution < -0.4 is 10.2 Å². The van der Waals surface area contributed by atoms with E-state index in [0.29, 0.717) is 24.1 Å². The van der Waals surface area contributed by atoms with Gasteiger partial charge in [-0.05, 0) is 18.2 Å². The standard InChI is InChI=1S/C20H20N4O3S/c25-18(13-28-20-22-15-6-2-1-5-14(15)19(26)23-20)21-16-7-3-4-8-17(16)24-9-11-27-12-10-24/h1-8,14H,9-13H2,(H,21,25). The second-order valence-corrected chi connectivity index (χ2v) is 7.39. The average Bonchev–Trinajstić information content (AvgIpc) is 2.73. The highest BCUT2D eigenvalue weighted by Gasteiger charge is 2.26. The zero-order chi connectivity index (χ0) is 19.3. The Labute approximate surface area is 167 Å². The second kappa shape index (κ2) is 8.53. The molecule has 0 spiro atoms. The molecular formula is C20H20N4O3S. The van der Waals surface area contributed by atoms with Crippen molar-refractivity contribution in [3.63, 3.8) is 0 Å². The average molecular weight is 396 g/mol. The van der Waals surface area contributed by atoms with Crippen LogP contribution in [-0.2, 0) is 14.3 Å². The van der Waals surface area contributed by atoms with Crippen molar-refractivity contribution in [3.8, 4) is 0 Å². The molecule has 2 aliphatic heterocycles. The number of nitrogens with zero attached hydrogens (tertiary/aromatic N) is 3. The lowest BCUT2D eigenvalue weighted by Crippen LogP contribution is -2.36. The van der Waals surface area contributed by atoms with Gasteiger partial charge < -0.3 is 15.0 Å². The number of rotatable bonds is 4. The van der Waals surface area contributed by atoms with E-state index in [1.165, 1.54) is 0 Å². The number of anilines is 2. The first-order chi connectivity index (χ1) is 13.7. The molecule has 1 N–H and O–H groups in total. The van der Waals surface area contributed by atoms with Crippen molar-refractivity contribution in [1.82, 2.24) is 0 Å². The summed E-state index contributed by atoms with van der Waals surface area (Å²) in [6, 6.07) is 7.73. The summed E-state index contributed by atoms with van der Waals surface area (Å²) in [6.07, 6.45) is 7.23. The number of para-hydroxylation sites is 2. The lowest BCUT2D eigenvalue weighted by molar-refractivity contribution is -0.118. The second-order valence-electron chi connectivity index (χ2n) is 6.44. The molecule has 1 unspecified atom stereocenters. The van der Waals surface area contributed by atoms with E-state index in [4.69, 9.17) is 4.74 Å². The van der Waals surface area contributed by atoms with Crippen molar-refractivity contribution >= 4 is 45.8 Å². The van der Waals surface area contributed by atoms with E-state index in [9.17, 15) is 9.59 Å². The van der Waals surface area contributed by atoms with E-state index < -0.39 is 5.92 Å². The fraction of sp³-hybridized carbons (Fsp3) is 0.300. The largest absolute Gasteiger partial charge is 0.378 e. The van der Waals surface area contributed by atoms with Crippen LogP contribution in [0.5, 0.6) is 0 Å². The number of ether oxygens (including phenoxy) is 1. The van der Waals surface area contributed by atoms with Crippen LogP contribution >= 0.6 is 11.8 Å². The van der Waals surface area contributed by atoms with Gasteiger partial charge in [0.2, 0.25) is 5.91 Å². The van der Waals surface area contributed by atoms with E-state index >= 15 is 0 Å². The molecule has 1 atom stereocenters. The van der Waals surface area contributed by atoms with E-state index in [1.54, 1.807) is 12.2 Å². The molecule has 2 amide bonds. The summed E-state index contributed by atoms with van der Waals surface area (Å²) >= 11 is 1.16. The van der Waals surface area contributed by atoms with E-state index in [-0.39, 0.29) is 17.6 Å². The number of allylic oxidation sites excluding steroid dienone is 3. The maximum absolute atomic E-state index is 12.5. The number of thioether (sulfide) groups is 1. The van der Waals surface area contributed by atoms with E-state index in [1.807, 2.05) is 36.4 Å². The zero-order valence-electron chi connectivity index (χ0n) is 15.2. The van der Waals surface area contributed by atoms with Gasteiger partial charge in [-0.1, -0.05) is 42.1 Å². The molecule has 3 aliphatic rings. The van der Waals surface area contributed by atoms with Gasteiger partial charge in [0.15, 0.2) is 5.17 Å². The van der Waals surface area contributed by atoms with Crippen molar-refractivity contribution in [3.05, 3.63) is 48.6 Å². The molecule has 4 rings (SSSR count). The topological polar surface area (TPSA) is 83.4 Å². The van der Waals surface area contributed by atoms with Gasteiger partial charge in [-0.15, -0.1) is 0 Å². The molecule has 1 aromatic carbocycles. The van der Waals surface area contributed by atoms with Crippen LogP contribution in [0.25, 0.3) is 0 Å². The van der Waals surface area contributed by atoms with Crippen molar-refractivity contribution in [2.45, 2.75) is 0 Å². The number of fused-ring (bicyclic) bond motifs is 1. The molecule has 8 heteroatoms. The minimum Gasteiger partial charge on any atom is -0.378 e. The van der Waals surface area contributed by atoms with E-state index in [2.05, 4.69) is 20.2 Å². The number of aliphatic imine (C=N–C) groups is 2. The van der Waals surface area contributed by atoms with Crippen molar-refractivity contribution in [2.24, 2.45) is 15.9 Å². The number of nitrogens with one attached hydrogen (secondary N) is 1. The third-order valence-corrected chi connectivity index (χ3v) is 5.41. The Morgan fingerprint density at radius 1 is 1.21 bits per heavy atom. The fourth-order valence-corrected chi connectivity index (χ4v) is 3.84. The fourth-order valence-electron chi connectivity index (χ4n) is 3.19. The summed E-state index contributed by atoms with van der Waals surface area (Å²) in [7, 11) is 0. The van der Waals surface area contributed by atoms with Gasteiger partial charge in [0, 0.05) is 13.1 Å². The lowest BCUT2D eigenvalue weighted by atomic mass is 9.97. The molecular weight excluding hydrogens is 376 g/mol. The van der Waals surface area contributed by atoms with Gasteiger partial charge in [-0.3, -0.25) is 9.59 Å². The number of carbonyl (C=O) groups is 2. The maximum atomic E-state index is 12.5. The summed E-state index contributed by atoms with van der Waals surface area (Å²) < 4.78 is 5.40. The number of carbonyl (C=O) groups excluding carboxylic acids is 2. The summed E-state index contributed by atoms with van der Waals surface area (Å²) in [4.78, 5) is 35.2. The monoisotopic (exact) mass is 396 g/mol. The molecule has 0 saturated carbocycles. The highest BCUT2D eigenvalue weighted by atomic mass is 32.2. The third kappa shape index (κ3) is 4.23. The van der Waals surface area contributed by atoms with Crippen LogP contribution in [0.2, 0.25) is 0 Å². The van der Waals surface area contributed by atoms with Crippen molar-refractivity contribution < 1.29 is 14.3 Å². The first-order valence-corrected chi connectivity index (χ1v) is 10.1. The molecule has 1 saturated heterocycles. The number of benzene rings is 1. The molecule has 7 nitrogen and oxygen atoms in total. The predicted molar refractivity (Wildman–Crippen MR) is 112 cm³/mol. The molecule has 1 aromatic rings. The number of morpholine rings is 1. The Morgan fingerprint density at radius 2 is 2.04 bits per heavy atom. The SMILES string of the molecule is O=C(CSC1=NC(=O)C2C=CC=CC2=N1)Nc1ccccc1N1CCOCC1. The summed E-state index contributed by atoms with van der Waals surface area (Å²) in [6.45, 7) is 2.94. The Balaban J connectivity index is 1.38. The van der Waals surface area contributed by atoms with Crippen molar-refractivity contribution in [1.29, 1.82) is 0 Å². The Kier molecular flexibility index (Phi) is 5.68. The van der Waals surface area contributed by atoms with E-state index in [0.717, 1.165) is 36.2 Å². The Bertz CT molecular complexity index is 900. The number of amides is 2. The highest BCUT2D eigenvalue weighted by molar-refractivity contribution is 8.14. The summed E-state index contributed by atoms with van der Waals surface area (Å²) in [5.41, 5.74) is 2.42. The smallest absolute Gasteiger partial charge is 0.261 e. The molecule has 28 heavy (non-hydrogen) atoms. The lowest BCUT2D eigenvalue weighted by Gasteiger charge is -2.30. The van der Waals surface area contributed by atoms with Gasteiger partial charge in [-0.25, -0.2) is 4.99 Å². The summed E-state index contributed by atoms with van der Waals surface area (Å²) in [5, 5.41) is 3.29. The van der Waals surface area contributed by atoms with Gasteiger partial charge in [0.05, 0.1) is 36.1 Å². The minimum absolute atomic E-state index is 0.130. The minimum atomic E-state index is -0.399. The van der Waals surface area contributed by atoms with Crippen LogP contribution in [0, 0.1) is 5.92 Å². The zero-order valence-corrected chi connectivity index (χ0v) is 16.0. The Morgan fingerprint density at radius 3 is 2.89 bits per heavy atom.